The smallest absolute Gasteiger partial charge is 0.129 e. The molecular formula is C12H18N4O. The summed E-state index contributed by atoms with van der Waals surface area (Å²) in [6, 6.07) is 14.5. The molecule has 0 spiro atoms. The van der Waals surface area contributed by atoms with E-state index in [0.29, 0.717) is 5.69 Å². The third-order valence-corrected chi connectivity index (χ3v) is 1.97. The topological polar surface area (TPSA) is 131 Å². The first kappa shape index (κ1) is 14.8. The molecule has 0 heterocycles. The van der Waals surface area contributed by atoms with Crippen LogP contribution in [-0.2, 0) is 0 Å². The molecule has 0 aromatic heterocycles. The van der Waals surface area contributed by atoms with E-state index in [-0.39, 0.29) is 12.3 Å². The van der Waals surface area contributed by atoms with E-state index in [1.165, 1.54) is 0 Å². The zero-order chi connectivity index (χ0) is 10.7. The molecule has 0 saturated carbocycles. The predicted molar refractivity (Wildman–Crippen MR) is 71.8 cm³/mol. The zero-order valence-electron chi connectivity index (χ0n) is 9.60. The van der Waals surface area contributed by atoms with Crippen molar-refractivity contribution in [2.24, 2.45) is 0 Å². The van der Waals surface area contributed by atoms with Gasteiger partial charge in [-0.15, -0.1) is 0 Å². The third kappa shape index (κ3) is 4.02. The SMILES string of the molecule is N.N.Nc1ccc(Oc2cccc(N)c2)cc1. The summed E-state index contributed by atoms with van der Waals surface area (Å²) in [5.74, 6) is 1.47. The number of nitrogens with two attached hydrogens (primary N) is 2. The summed E-state index contributed by atoms with van der Waals surface area (Å²) in [4.78, 5) is 0. The van der Waals surface area contributed by atoms with Crippen molar-refractivity contribution in [3.8, 4) is 11.5 Å². The van der Waals surface area contributed by atoms with Gasteiger partial charge in [0.2, 0.25) is 0 Å². The summed E-state index contributed by atoms with van der Waals surface area (Å²) in [6.07, 6.45) is 0. The molecule has 2 aromatic carbocycles. The summed E-state index contributed by atoms with van der Waals surface area (Å²) in [6.45, 7) is 0. The molecule has 0 amide bonds. The van der Waals surface area contributed by atoms with Gasteiger partial charge in [-0.1, -0.05) is 6.07 Å². The van der Waals surface area contributed by atoms with Crippen LogP contribution in [-0.4, -0.2) is 0 Å². The third-order valence-electron chi connectivity index (χ3n) is 1.97. The highest BCUT2D eigenvalue weighted by molar-refractivity contribution is 5.46. The molecule has 0 aliphatic heterocycles. The van der Waals surface area contributed by atoms with E-state index in [4.69, 9.17) is 16.2 Å². The second kappa shape index (κ2) is 6.37. The van der Waals surface area contributed by atoms with E-state index < -0.39 is 0 Å². The maximum absolute atomic E-state index is 5.64. The lowest BCUT2D eigenvalue weighted by Gasteiger charge is -2.06. The average molecular weight is 234 g/mol. The molecule has 0 bridgehead atoms. The Labute approximate surface area is 101 Å². The van der Waals surface area contributed by atoms with Crippen LogP contribution in [0.4, 0.5) is 11.4 Å². The van der Waals surface area contributed by atoms with Crippen molar-refractivity contribution in [2.45, 2.75) is 0 Å². The van der Waals surface area contributed by atoms with Gasteiger partial charge in [0.1, 0.15) is 11.5 Å². The van der Waals surface area contributed by atoms with Gasteiger partial charge >= 0.3 is 0 Å². The summed E-state index contributed by atoms with van der Waals surface area (Å²) >= 11 is 0. The Morgan fingerprint density at radius 1 is 0.706 bits per heavy atom. The van der Waals surface area contributed by atoms with Gasteiger partial charge in [0.25, 0.3) is 0 Å². The molecule has 0 fully saturated rings. The molecule has 0 saturated heterocycles. The molecule has 0 atom stereocenters. The minimum atomic E-state index is 0. The number of nitrogen functional groups attached to an aromatic ring is 2. The Kier molecular flexibility index (Phi) is 5.53. The number of anilines is 2. The lowest BCUT2D eigenvalue weighted by molar-refractivity contribution is 0.483. The first-order valence-corrected chi connectivity index (χ1v) is 4.63. The van der Waals surface area contributed by atoms with Gasteiger partial charge < -0.3 is 28.5 Å². The van der Waals surface area contributed by atoms with Crippen molar-refractivity contribution in [3.05, 3.63) is 48.5 Å². The Morgan fingerprint density at radius 2 is 1.35 bits per heavy atom. The van der Waals surface area contributed by atoms with Gasteiger partial charge in [-0.2, -0.15) is 0 Å². The van der Waals surface area contributed by atoms with Crippen LogP contribution < -0.4 is 28.5 Å². The highest BCUT2D eigenvalue weighted by atomic mass is 16.5. The maximum Gasteiger partial charge on any atom is 0.129 e. The Morgan fingerprint density at radius 3 is 1.94 bits per heavy atom. The number of rotatable bonds is 2. The summed E-state index contributed by atoms with van der Waals surface area (Å²) in [7, 11) is 0. The van der Waals surface area contributed by atoms with Crippen LogP contribution in [0.1, 0.15) is 0 Å². The fourth-order valence-corrected chi connectivity index (χ4v) is 1.25. The molecule has 0 aliphatic rings. The van der Waals surface area contributed by atoms with Crippen molar-refractivity contribution in [2.75, 3.05) is 11.5 Å². The van der Waals surface area contributed by atoms with Crippen molar-refractivity contribution in [1.82, 2.24) is 12.3 Å². The van der Waals surface area contributed by atoms with E-state index in [0.717, 1.165) is 17.2 Å². The zero-order valence-corrected chi connectivity index (χ0v) is 9.60. The van der Waals surface area contributed by atoms with Gasteiger partial charge in [0.05, 0.1) is 0 Å². The molecule has 5 heteroatoms. The van der Waals surface area contributed by atoms with Crippen LogP contribution >= 0.6 is 0 Å². The van der Waals surface area contributed by atoms with Crippen LogP contribution in [0.5, 0.6) is 11.5 Å². The quantitative estimate of drug-likeness (QED) is 0.593. The first-order chi connectivity index (χ1) is 7.24. The molecule has 2 rings (SSSR count). The van der Waals surface area contributed by atoms with Crippen LogP contribution in [0.25, 0.3) is 0 Å². The van der Waals surface area contributed by atoms with E-state index in [2.05, 4.69) is 0 Å². The summed E-state index contributed by atoms with van der Waals surface area (Å²) in [5, 5.41) is 0. The minimum absolute atomic E-state index is 0. The highest BCUT2D eigenvalue weighted by Gasteiger charge is 1.96. The second-order valence-electron chi connectivity index (χ2n) is 3.24. The van der Waals surface area contributed by atoms with Crippen LogP contribution in [0.3, 0.4) is 0 Å². The Hall–Kier alpha value is -2.24. The lowest BCUT2D eigenvalue weighted by Crippen LogP contribution is -1.88. The van der Waals surface area contributed by atoms with Gasteiger partial charge in [0.15, 0.2) is 0 Å². The van der Waals surface area contributed by atoms with Gasteiger partial charge in [-0.25, -0.2) is 0 Å². The van der Waals surface area contributed by atoms with E-state index in [1.54, 1.807) is 18.2 Å². The molecule has 10 N–H and O–H groups in total. The van der Waals surface area contributed by atoms with E-state index >= 15 is 0 Å². The van der Waals surface area contributed by atoms with Gasteiger partial charge in [-0.3, -0.25) is 0 Å². The van der Waals surface area contributed by atoms with Crippen LogP contribution in [0.15, 0.2) is 48.5 Å². The fourth-order valence-electron chi connectivity index (χ4n) is 1.25. The summed E-state index contributed by atoms with van der Waals surface area (Å²) in [5.41, 5.74) is 12.6. The van der Waals surface area contributed by atoms with Gasteiger partial charge in [-0.05, 0) is 36.4 Å². The molecule has 0 aliphatic carbocycles. The van der Waals surface area contributed by atoms with Crippen LogP contribution in [0.2, 0.25) is 0 Å². The fraction of sp³-hybridized carbons (Fsp3) is 0. The molecular weight excluding hydrogens is 216 g/mol. The number of benzene rings is 2. The predicted octanol–water partition coefficient (Wildman–Crippen LogP) is 2.97. The number of hydrogen-bond acceptors (Lipinski definition) is 5. The number of hydrogen-bond donors (Lipinski definition) is 4. The van der Waals surface area contributed by atoms with E-state index in [9.17, 15) is 0 Å². The molecule has 0 radical (unpaired) electrons. The van der Waals surface area contributed by atoms with Crippen molar-refractivity contribution >= 4 is 11.4 Å². The minimum Gasteiger partial charge on any atom is -0.457 e. The number of ether oxygens (including phenoxy) is 1. The lowest BCUT2D eigenvalue weighted by atomic mass is 10.3. The largest absolute Gasteiger partial charge is 0.457 e. The Bertz CT molecular complexity index is 456. The Balaban J connectivity index is 0.00000128. The second-order valence-corrected chi connectivity index (χ2v) is 3.24. The van der Waals surface area contributed by atoms with E-state index in [1.807, 2.05) is 30.3 Å². The maximum atomic E-state index is 5.64. The van der Waals surface area contributed by atoms with Crippen molar-refractivity contribution in [3.63, 3.8) is 0 Å². The van der Waals surface area contributed by atoms with Crippen molar-refractivity contribution < 1.29 is 4.74 Å². The molecule has 5 nitrogen and oxygen atoms in total. The highest BCUT2D eigenvalue weighted by Crippen LogP contribution is 2.23. The monoisotopic (exact) mass is 234 g/mol. The molecule has 0 unspecified atom stereocenters. The average Bonchev–Trinajstić information content (AvgIpc) is 2.22. The van der Waals surface area contributed by atoms with Gasteiger partial charge in [0, 0.05) is 17.4 Å². The molecule has 92 valence electrons. The first-order valence-electron chi connectivity index (χ1n) is 4.63. The van der Waals surface area contributed by atoms with Crippen molar-refractivity contribution in [1.29, 1.82) is 0 Å². The molecule has 2 aromatic rings. The summed E-state index contributed by atoms with van der Waals surface area (Å²) < 4.78 is 5.58. The standard InChI is InChI=1S/C12H12N2O.2H3N/c13-9-4-6-11(7-5-9)15-12-3-1-2-10(14)8-12;;/h1-8H,13-14H2;2*1H3. The van der Waals surface area contributed by atoms with Crippen LogP contribution in [0, 0.1) is 0 Å². The normalized spacial score (nSPS) is 8.71. The molecule has 17 heavy (non-hydrogen) atoms.